The molecule has 3 aliphatic rings. The van der Waals surface area contributed by atoms with Gasteiger partial charge in [0.05, 0.1) is 12.2 Å². The minimum absolute atomic E-state index is 0.622. The van der Waals surface area contributed by atoms with Crippen LogP contribution in [0.25, 0.3) is 16.0 Å². The van der Waals surface area contributed by atoms with E-state index in [9.17, 15) is 0 Å². The molecular formula is C21H15Cl2N2O2S2+. The molecule has 0 unspecified atom stereocenters. The summed E-state index contributed by atoms with van der Waals surface area (Å²) in [6, 6.07) is 12.0. The number of hydrogen-bond donors (Lipinski definition) is 0. The van der Waals surface area contributed by atoms with Gasteiger partial charge < -0.3 is 14.4 Å². The zero-order valence-electron chi connectivity index (χ0n) is 15.2. The molecule has 0 N–H and O–H groups in total. The van der Waals surface area contributed by atoms with Crippen LogP contribution in [0.2, 0.25) is 10.0 Å². The number of aromatic nitrogens is 1. The molecular weight excluding hydrogens is 447 g/mol. The summed E-state index contributed by atoms with van der Waals surface area (Å²) in [5.41, 5.74) is 2.29. The molecule has 0 saturated carbocycles. The lowest BCUT2D eigenvalue weighted by molar-refractivity contribution is -0.677. The van der Waals surface area contributed by atoms with Crippen molar-refractivity contribution in [3.05, 3.63) is 68.3 Å². The van der Waals surface area contributed by atoms with E-state index in [0.29, 0.717) is 13.2 Å². The number of benzene rings is 2. The molecule has 0 radical (unpaired) electrons. The van der Waals surface area contributed by atoms with Gasteiger partial charge in [-0.25, -0.2) is 0 Å². The van der Waals surface area contributed by atoms with Crippen molar-refractivity contribution in [3.8, 4) is 0 Å². The normalized spacial score (nSPS) is 19.1. The summed E-state index contributed by atoms with van der Waals surface area (Å²) < 4.78 is 15.6. The Morgan fingerprint density at radius 3 is 2.83 bits per heavy atom. The van der Waals surface area contributed by atoms with Crippen molar-refractivity contribution < 1.29 is 14.0 Å². The van der Waals surface area contributed by atoms with E-state index in [2.05, 4.69) is 21.6 Å². The molecule has 2 aromatic carbocycles. The highest BCUT2D eigenvalue weighted by Gasteiger charge is 2.34. The molecule has 3 aromatic rings. The first-order valence-corrected chi connectivity index (χ1v) is 11.6. The molecule has 8 heteroatoms. The van der Waals surface area contributed by atoms with Crippen LogP contribution in [-0.4, -0.2) is 19.8 Å². The number of halogens is 2. The number of fused-ring (bicyclic) bond motifs is 6. The van der Waals surface area contributed by atoms with E-state index in [1.807, 2.05) is 30.3 Å². The molecule has 0 amide bonds. The molecule has 146 valence electrons. The van der Waals surface area contributed by atoms with Crippen LogP contribution in [-0.2, 0) is 16.0 Å². The summed E-state index contributed by atoms with van der Waals surface area (Å²) >= 11 is 15.9. The fraction of sp³-hybridized carbons (Fsp3) is 0.190. The number of nitrogens with zero attached hydrogens (tertiary/aromatic N) is 2. The molecule has 0 aliphatic carbocycles. The van der Waals surface area contributed by atoms with Gasteiger partial charge in [-0.3, -0.25) is 0 Å². The zero-order chi connectivity index (χ0) is 19.5. The van der Waals surface area contributed by atoms with Gasteiger partial charge >= 0.3 is 5.01 Å². The number of thioether (sulfide) groups is 1. The first-order chi connectivity index (χ1) is 14.2. The maximum Gasteiger partial charge on any atom is 0.305 e. The van der Waals surface area contributed by atoms with E-state index < -0.39 is 0 Å². The molecule has 4 heterocycles. The van der Waals surface area contributed by atoms with Crippen LogP contribution in [0.5, 0.6) is 0 Å². The van der Waals surface area contributed by atoms with Gasteiger partial charge in [0.25, 0.3) is 0 Å². The topological polar surface area (TPSA) is 25.6 Å². The summed E-state index contributed by atoms with van der Waals surface area (Å²) in [5.74, 6) is 1.68. The highest BCUT2D eigenvalue weighted by atomic mass is 35.5. The lowest BCUT2D eigenvalue weighted by atomic mass is 10.2. The smallest absolute Gasteiger partial charge is 0.305 e. The highest BCUT2D eigenvalue weighted by Crippen LogP contribution is 2.49. The predicted molar refractivity (Wildman–Crippen MR) is 119 cm³/mol. The Balaban J connectivity index is 1.46. The monoisotopic (exact) mass is 461 g/mol. The number of rotatable bonds is 1. The Kier molecular flexibility index (Phi) is 4.24. The van der Waals surface area contributed by atoms with Gasteiger partial charge in [0, 0.05) is 27.1 Å². The van der Waals surface area contributed by atoms with E-state index in [4.69, 9.17) is 32.7 Å². The largest absolute Gasteiger partial charge is 0.489 e. The molecule has 0 bridgehead atoms. The Labute approximate surface area is 185 Å². The van der Waals surface area contributed by atoms with Crippen molar-refractivity contribution in [1.29, 1.82) is 0 Å². The number of allylic oxidation sites excluding steroid dienone is 1. The molecule has 0 spiro atoms. The molecule has 3 aliphatic heterocycles. The maximum absolute atomic E-state index is 6.23. The minimum Gasteiger partial charge on any atom is -0.489 e. The van der Waals surface area contributed by atoms with Crippen LogP contribution in [0.15, 0.2) is 58.2 Å². The van der Waals surface area contributed by atoms with Crippen LogP contribution >= 0.6 is 46.3 Å². The number of hydrogen-bond acceptors (Lipinski definition) is 5. The predicted octanol–water partition coefficient (Wildman–Crippen LogP) is 5.68. The van der Waals surface area contributed by atoms with Gasteiger partial charge in [-0.05, 0) is 30.3 Å². The number of ether oxygens (including phenoxy) is 2. The molecule has 1 aromatic heterocycles. The lowest BCUT2D eigenvalue weighted by Gasteiger charge is -2.27. The number of anilines is 1. The van der Waals surface area contributed by atoms with Crippen LogP contribution in [0.4, 0.5) is 5.69 Å². The van der Waals surface area contributed by atoms with Gasteiger partial charge in [-0.15, -0.1) is 0 Å². The van der Waals surface area contributed by atoms with Gasteiger partial charge in [0.15, 0.2) is 12.3 Å². The lowest BCUT2D eigenvalue weighted by Crippen LogP contribution is -2.41. The van der Waals surface area contributed by atoms with E-state index >= 15 is 0 Å². The Hall–Kier alpha value is -1.86. The first-order valence-electron chi connectivity index (χ1n) is 9.26. The van der Waals surface area contributed by atoms with Gasteiger partial charge in [0.1, 0.15) is 22.9 Å². The Morgan fingerprint density at radius 2 is 1.90 bits per heavy atom. The van der Waals surface area contributed by atoms with Crippen molar-refractivity contribution in [1.82, 2.24) is 0 Å². The molecule has 6 rings (SSSR count). The SMILES string of the molecule is Clc1ccc2c(c1)N1CCOC(C=C3OCC[n+]4c3sc3ccc(Cl)cc34)=C1S2. The summed E-state index contributed by atoms with van der Waals surface area (Å²) in [6.07, 6.45) is 2.03. The average molecular weight is 462 g/mol. The molecule has 0 fully saturated rings. The molecule has 29 heavy (non-hydrogen) atoms. The summed E-state index contributed by atoms with van der Waals surface area (Å²) in [7, 11) is 0. The fourth-order valence-electron chi connectivity index (χ4n) is 3.87. The zero-order valence-corrected chi connectivity index (χ0v) is 18.3. The summed E-state index contributed by atoms with van der Waals surface area (Å²) in [5, 5.41) is 3.67. The minimum atomic E-state index is 0.622. The third-order valence-electron chi connectivity index (χ3n) is 5.16. The van der Waals surface area contributed by atoms with Crippen molar-refractivity contribution >= 4 is 68.0 Å². The Morgan fingerprint density at radius 1 is 1.03 bits per heavy atom. The van der Waals surface area contributed by atoms with Crippen LogP contribution < -0.4 is 9.47 Å². The second-order valence-corrected chi connectivity index (χ2v) is 9.85. The standard InChI is InChI=1S/C21H15Cl2N2O2S2/c22-12-1-3-18-14(9-12)24-5-7-26-16(20(24)28-18)11-17-21-25(6-8-27-17)15-10-13(23)2-4-19(15)29-21/h1-4,9-11H,5-8H2/q+1. The molecule has 0 saturated heterocycles. The fourth-order valence-corrected chi connectivity index (χ4v) is 6.47. The summed E-state index contributed by atoms with van der Waals surface area (Å²) in [4.78, 5) is 3.48. The van der Waals surface area contributed by atoms with Gasteiger partial charge in [-0.2, -0.15) is 4.57 Å². The van der Waals surface area contributed by atoms with Crippen molar-refractivity contribution in [2.24, 2.45) is 0 Å². The third kappa shape index (κ3) is 2.93. The van der Waals surface area contributed by atoms with Crippen LogP contribution in [0.1, 0.15) is 5.01 Å². The van der Waals surface area contributed by atoms with Crippen LogP contribution in [0, 0.1) is 0 Å². The second kappa shape index (κ2) is 6.84. The van der Waals surface area contributed by atoms with E-state index in [-0.39, 0.29) is 0 Å². The van der Waals surface area contributed by atoms with E-state index in [0.717, 1.165) is 55.9 Å². The van der Waals surface area contributed by atoms with Crippen molar-refractivity contribution in [2.75, 3.05) is 24.7 Å². The van der Waals surface area contributed by atoms with Crippen molar-refractivity contribution in [3.63, 3.8) is 0 Å². The summed E-state index contributed by atoms with van der Waals surface area (Å²) in [6.45, 7) is 2.86. The van der Waals surface area contributed by atoms with Gasteiger partial charge in [-0.1, -0.05) is 46.3 Å². The molecule has 4 nitrogen and oxygen atoms in total. The van der Waals surface area contributed by atoms with E-state index in [1.165, 1.54) is 9.60 Å². The van der Waals surface area contributed by atoms with Crippen LogP contribution in [0.3, 0.4) is 0 Å². The highest BCUT2D eigenvalue weighted by molar-refractivity contribution is 8.03. The third-order valence-corrected chi connectivity index (χ3v) is 7.99. The van der Waals surface area contributed by atoms with Crippen molar-refractivity contribution in [2.45, 2.75) is 11.4 Å². The average Bonchev–Trinajstić information content (AvgIpc) is 3.27. The van der Waals surface area contributed by atoms with E-state index in [1.54, 1.807) is 23.1 Å². The molecule has 0 atom stereocenters. The number of thiazole rings is 1. The first kappa shape index (κ1) is 18.0. The maximum atomic E-state index is 6.23. The Bertz CT molecular complexity index is 1230. The van der Waals surface area contributed by atoms with Gasteiger partial charge in [0.2, 0.25) is 11.3 Å². The quantitative estimate of drug-likeness (QED) is 0.435. The second-order valence-electron chi connectivity index (χ2n) is 6.91.